The van der Waals surface area contributed by atoms with E-state index in [0.29, 0.717) is 35.1 Å². The van der Waals surface area contributed by atoms with Crippen molar-refractivity contribution in [3.63, 3.8) is 0 Å². The van der Waals surface area contributed by atoms with Gasteiger partial charge in [-0.2, -0.15) is 0 Å². The number of amides is 1. The first kappa shape index (κ1) is 21.2. The van der Waals surface area contributed by atoms with Gasteiger partial charge in [-0.25, -0.2) is 4.68 Å². The number of nitrogens with zero attached hydrogens (tertiary/aromatic N) is 2. The molecule has 148 valence electrons. The van der Waals surface area contributed by atoms with E-state index in [0.717, 1.165) is 12.0 Å². The van der Waals surface area contributed by atoms with Crippen molar-refractivity contribution >= 4 is 16.7 Å². The number of aromatic nitrogens is 2. The van der Waals surface area contributed by atoms with Gasteiger partial charge in [-0.1, -0.05) is 51.1 Å². The number of carbonyl (C=O) groups excluding carboxylic acids is 1. The van der Waals surface area contributed by atoms with Crippen LogP contribution in [0, 0.1) is 6.92 Å². The Balaban J connectivity index is 0.00000136. The lowest BCUT2D eigenvalue weighted by atomic mass is 10.1. The maximum absolute atomic E-state index is 12.9. The second-order valence-corrected chi connectivity index (χ2v) is 6.10. The molecular formula is C22H28N4O2. The molecule has 0 atom stereocenters. The van der Waals surface area contributed by atoms with E-state index < -0.39 is 0 Å². The summed E-state index contributed by atoms with van der Waals surface area (Å²) in [6.45, 7) is 8.85. The summed E-state index contributed by atoms with van der Waals surface area (Å²) >= 11 is 0. The van der Waals surface area contributed by atoms with Crippen LogP contribution in [0.1, 0.15) is 48.8 Å². The fourth-order valence-electron chi connectivity index (χ4n) is 2.93. The van der Waals surface area contributed by atoms with Gasteiger partial charge in [0.15, 0.2) is 0 Å². The van der Waals surface area contributed by atoms with Gasteiger partial charge < -0.3 is 10.7 Å². The van der Waals surface area contributed by atoms with E-state index in [1.165, 1.54) is 4.68 Å². The standard InChI is InChI=1S/C20H22N4O2.C2H6/c1-3-10-23-24-14(2)18(17-13-21-11-9-16(17)20(24)26)19(25)22-12-15-7-5-4-6-8-15;1-2/h4-9,11,13,23H,3,10,12H2,1-2H3,(H,22,25);1-2H3. The van der Waals surface area contributed by atoms with E-state index in [-0.39, 0.29) is 11.5 Å². The molecule has 1 aromatic carbocycles. The highest BCUT2D eigenvalue weighted by Crippen LogP contribution is 2.18. The molecule has 28 heavy (non-hydrogen) atoms. The van der Waals surface area contributed by atoms with Crippen molar-refractivity contribution in [3.05, 3.63) is 76.0 Å². The molecule has 0 unspecified atom stereocenters. The zero-order chi connectivity index (χ0) is 20.5. The first-order valence-electron chi connectivity index (χ1n) is 9.68. The van der Waals surface area contributed by atoms with Crippen LogP contribution >= 0.6 is 0 Å². The Labute approximate surface area is 165 Å². The first-order chi connectivity index (χ1) is 13.6. The van der Waals surface area contributed by atoms with Crippen molar-refractivity contribution < 1.29 is 4.79 Å². The van der Waals surface area contributed by atoms with Crippen LogP contribution in [0.25, 0.3) is 10.8 Å². The van der Waals surface area contributed by atoms with Gasteiger partial charge in [0.25, 0.3) is 11.5 Å². The molecule has 6 nitrogen and oxygen atoms in total. The van der Waals surface area contributed by atoms with Gasteiger partial charge in [0.1, 0.15) is 0 Å². The number of hydrogen-bond donors (Lipinski definition) is 2. The number of hydrogen-bond acceptors (Lipinski definition) is 4. The van der Waals surface area contributed by atoms with Crippen molar-refractivity contribution in [2.45, 2.75) is 40.7 Å². The van der Waals surface area contributed by atoms with E-state index in [1.807, 2.05) is 51.1 Å². The zero-order valence-electron chi connectivity index (χ0n) is 17.0. The smallest absolute Gasteiger partial charge is 0.277 e. The highest BCUT2D eigenvalue weighted by Gasteiger charge is 2.19. The molecule has 0 aliphatic rings. The third-order valence-electron chi connectivity index (χ3n) is 4.26. The number of nitrogens with one attached hydrogen (secondary N) is 2. The minimum atomic E-state index is -0.226. The highest BCUT2D eigenvalue weighted by molar-refractivity contribution is 6.07. The third-order valence-corrected chi connectivity index (χ3v) is 4.26. The van der Waals surface area contributed by atoms with Gasteiger partial charge in [-0.15, -0.1) is 0 Å². The first-order valence-corrected chi connectivity index (χ1v) is 9.68. The Morgan fingerprint density at radius 2 is 1.82 bits per heavy atom. The minimum absolute atomic E-state index is 0.173. The second-order valence-electron chi connectivity index (χ2n) is 6.10. The molecule has 0 spiro atoms. The minimum Gasteiger partial charge on any atom is -0.348 e. The molecule has 1 amide bonds. The largest absolute Gasteiger partial charge is 0.348 e. The lowest BCUT2D eigenvalue weighted by Gasteiger charge is -2.17. The normalized spacial score (nSPS) is 10.1. The summed E-state index contributed by atoms with van der Waals surface area (Å²) in [4.78, 5) is 29.8. The van der Waals surface area contributed by atoms with Gasteiger partial charge in [0.05, 0.1) is 16.6 Å². The van der Waals surface area contributed by atoms with Gasteiger partial charge in [-0.3, -0.25) is 14.6 Å². The Morgan fingerprint density at radius 1 is 1.11 bits per heavy atom. The Hall–Kier alpha value is -3.15. The number of fused-ring (bicyclic) bond motifs is 1. The summed E-state index contributed by atoms with van der Waals surface area (Å²) in [5.74, 6) is -0.226. The number of pyridine rings is 2. The van der Waals surface area contributed by atoms with Crippen molar-refractivity contribution in [3.8, 4) is 0 Å². The van der Waals surface area contributed by atoms with Crippen LogP contribution in [0.2, 0.25) is 0 Å². The van der Waals surface area contributed by atoms with E-state index in [9.17, 15) is 9.59 Å². The molecule has 0 aliphatic heterocycles. The summed E-state index contributed by atoms with van der Waals surface area (Å²) in [7, 11) is 0. The van der Waals surface area contributed by atoms with Gasteiger partial charge in [0.2, 0.25) is 0 Å². The maximum Gasteiger partial charge on any atom is 0.277 e. The van der Waals surface area contributed by atoms with E-state index >= 15 is 0 Å². The maximum atomic E-state index is 12.9. The van der Waals surface area contributed by atoms with Gasteiger partial charge >= 0.3 is 0 Å². The van der Waals surface area contributed by atoms with E-state index in [4.69, 9.17) is 0 Å². The summed E-state index contributed by atoms with van der Waals surface area (Å²) in [5, 5.41) is 3.98. The van der Waals surface area contributed by atoms with Crippen LogP contribution in [0.5, 0.6) is 0 Å². The fraction of sp³-hybridized carbons (Fsp3) is 0.318. The molecule has 6 heteroatoms. The molecular weight excluding hydrogens is 352 g/mol. The Bertz CT molecular complexity index is 981. The SMILES string of the molecule is CC.CCCNn1c(C)c(C(=O)NCc2ccccc2)c2cnccc2c1=O. The molecule has 0 saturated heterocycles. The predicted octanol–water partition coefficient (Wildman–Crippen LogP) is 3.61. The molecule has 2 aromatic heterocycles. The van der Waals surface area contributed by atoms with Crippen molar-refractivity contribution in [2.75, 3.05) is 12.0 Å². The molecule has 2 N–H and O–H groups in total. The Kier molecular flexibility index (Phi) is 7.75. The Morgan fingerprint density at radius 3 is 2.50 bits per heavy atom. The average molecular weight is 380 g/mol. The lowest BCUT2D eigenvalue weighted by Crippen LogP contribution is -2.35. The molecule has 0 saturated carbocycles. The monoisotopic (exact) mass is 380 g/mol. The van der Waals surface area contributed by atoms with Crippen molar-refractivity contribution in [1.29, 1.82) is 0 Å². The molecule has 3 rings (SSSR count). The molecule has 0 bridgehead atoms. The summed E-state index contributed by atoms with van der Waals surface area (Å²) < 4.78 is 1.46. The number of rotatable bonds is 6. The van der Waals surface area contributed by atoms with E-state index in [2.05, 4.69) is 15.7 Å². The number of benzene rings is 1. The van der Waals surface area contributed by atoms with Crippen LogP contribution in [0.4, 0.5) is 0 Å². The van der Waals surface area contributed by atoms with Gasteiger partial charge in [0, 0.05) is 30.9 Å². The summed E-state index contributed by atoms with van der Waals surface area (Å²) in [6.07, 6.45) is 4.01. The fourth-order valence-corrected chi connectivity index (χ4v) is 2.93. The lowest BCUT2D eigenvalue weighted by molar-refractivity contribution is 0.0951. The predicted molar refractivity (Wildman–Crippen MR) is 114 cm³/mol. The molecule has 0 radical (unpaired) electrons. The molecule has 0 aliphatic carbocycles. The average Bonchev–Trinajstić information content (AvgIpc) is 2.74. The zero-order valence-corrected chi connectivity index (χ0v) is 17.0. The van der Waals surface area contributed by atoms with Crippen LogP contribution in [0.3, 0.4) is 0 Å². The molecule has 0 fully saturated rings. The van der Waals surface area contributed by atoms with Crippen molar-refractivity contribution in [1.82, 2.24) is 15.0 Å². The van der Waals surface area contributed by atoms with Gasteiger partial charge in [-0.05, 0) is 25.0 Å². The second kappa shape index (κ2) is 10.3. The third kappa shape index (κ3) is 4.57. The van der Waals surface area contributed by atoms with Crippen LogP contribution < -0.4 is 16.3 Å². The van der Waals surface area contributed by atoms with E-state index in [1.54, 1.807) is 25.4 Å². The summed E-state index contributed by atoms with van der Waals surface area (Å²) in [6, 6.07) is 11.4. The highest BCUT2D eigenvalue weighted by atomic mass is 16.2. The number of carbonyl (C=O) groups is 1. The van der Waals surface area contributed by atoms with Crippen LogP contribution in [-0.2, 0) is 6.54 Å². The topological polar surface area (TPSA) is 76.0 Å². The van der Waals surface area contributed by atoms with Crippen molar-refractivity contribution in [2.24, 2.45) is 0 Å². The quantitative estimate of drug-likeness (QED) is 0.685. The van der Waals surface area contributed by atoms with Crippen LogP contribution in [-0.4, -0.2) is 22.1 Å². The summed E-state index contributed by atoms with van der Waals surface area (Å²) in [5.41, 5.74) is 4.98. The van der Waals surface area contributed by atoms with Crippen LogP contribution in [0.15, 0.2) is 53.6 Å². The molecule has 2 heterocycles. The molecule has 3 aromatic rings.